The normalized spacial score (nSPS) is 17.9. The number of aromatic nitrogens is 1. The Balaban J connectivity index is 1.90. The first-order chi connectivity index (χ1) is 10.5. The summed E-state index contributed by atoms with van der Waals surface area (Å²) in [6, 6.07) is 2.93. The number of hydrogen-bond donors (Lipinski definition) is 1. The minimum atomic E-state index is -0.949. The van der Waals surface area contributed by atoms with E-state index in [0.29, 0.717) is 40.7 Å². The summed E-state index contributed by atoms with van der Waals surface area (Å²) < 4.78 is 5.53. The molecule has 22 heavy (non-hydrogen) atoms. The van der Waals surface area contributed by atoms with Crippen LogP contribution in [0.1, 0.15) is 34.0 Å². The van der Waals surface area contributed by atoms with Gasteiger partial charge in [0.15, 0.2) is 10.8 Å². The van der Waals surface area contributed by atoms with E-state index < -0.39 is 12.0 Å². The average Bonchev–Trinajstić information content (AvgIpc) is 3.16. The van der Waals surface area contributed by atoms with E-state index in [9.17, 15) is 14.7 Å². The Morgan fingerprint density at radius 3 is 2.82 bits per heavy atom. The second kappa shape index (κ2) is 5.57. The molecule has 2 aromatic rings. The van der Waals surface area contributed by atoms with Crippen LogP contribution in [-0.4, -0.2) is 39.5 Å². The van der Waals surface area contributed by atoms with Crippen molar-refractivity contribution in [3.05, 3.63) is 28.5 Å². The van der Waals surface area contributed by atoms with E-state index in [-0.39, 0.29) is 5.91 Å². The highest BCUT2D eigenvalue weighted by atomic mass is 32.1. The fourth-order valence-corrected chi connectivity index (χ4v) is 3.63. The molecule has 0 aromatic carbocycles. The van der Waals surface area contributed by atoms with E-state index >= 15 is 0 Å². The Hall–Kier alpha value is -2.15. The molecule has 1 fully saturated rings. The highest BCUT2D eigenvalue weighted by Crippen LogP contribution is 2.31. The van der Waals surface area contributed by atoms with Gasteiger partial charge in [-0.1, -0.05) is 0 Å². The maximum absolute atomic E-state index is 12.6. The second-order valence-corrected chi connectivity index (χ2v) is 6.34. The lowest BCUT2D eigenvalue weighted by molar-refractivity contribution is -0.141. The van der Waals surface area contributed by atoms with E-state index in [1.807, 2.05) is 19.1 Å². The topological polar surface area (TPSA) is 83.6 Å². The summed E-state index contributed by atoms with van der Waals surface area (Å²) in [5.74, 6) is 0.200. The van der Waals surface area contributed by atoms with E-state index in [4.69, 9.17) is 4.42 Å². The molecule has 0 aliphatic carbocycles. The van der Waals surface area contributed by atoms with Crippen LogP contribution in [0.15, 0.2) is 16.5 Å². The van der Waals surface area contributed by atoms with Crippen molar-refractivity contribution in [1.29, 1.82) is 0 Å². The minimum absolute atomic E-state index is 0.255. The molecule has 0 bridgehead atoms. The predicted molar refractivity (Wildman–Crippen MR) is 81.0 cm³/mol. The molecule has 1 amide bonds. The van der Waals surface area contributed by atoms with Gasteiger partial charge in [0.2, 0.25) is 0 Å². The van der Waals surface area contributed by atoms with Gasteiger partial charge in [0.1, 0.15) is 16.7 Å². The molecule has 0 unspecified atom stereocenters. The standard InChI is InChI=1S/C15H16N2O4S/c1-8-5-6-11(21-8)13-16-9(2)12(22-13)14(18)17-7-3-4-10(17)15(19)20/h5-6,10H,3-4,7H2,1-2H3,(H,19,20)/t10-/m1/s1. The maximum atomic E-state index is 12.6. The van der Waals surface area contributed by atoms with Gasteiger partial charge in [0.25, 0.3) is 5.91 Å². The number of carbonyl (C=O) groups excluding carboxylic acids is 1. The zero-order valence-electron chi connectivity index (χ0n) is 12.3. The highest BCUT2D eigenvalue weighted by Gasteiger charge is 2.36. The Morgan fingerprint density at radius 2 is 2.18 bits per heavy atom. The van der Waals surface area contributed by atoms with Gasteiger partial charge in [-0.25, -0.2) is 9.78 Å². The number of aliphatic carboxylic acids is 1. The number of carboxylic acids is 1. The van der Waals surface area contributed by atoms with E-state index in [1.165, 1.54) is 16.2 Å². The van der Waals surface area contributed by atoms with Crippen molar-refractivity contribution >= 4 is 23.2 Å². The van der Waals surface area contributed by atoms with Crippen LogP contribution in [0.3, 0.4) is 0 Å². The van der Waals surface area contributed by atoms with E-state index in [2.05, 4.69) is 4.98 Å². The largest absolute Gasteiger partial charge is 0.480 e. The lowest BCUT2D eigenvalue weighted by Gasteiger charge is -2.20. The molecule has 1 aliphatic rings. The maximum Gasteiger partial charge on any atom is 0.326 e. The zero-order chi connectivity index (χ0) is 15.9. The molecule has 1 N–H and O–H groups in total. The summed E-state index contributed by atoms with van der Waals surface area (Å²) in [5.41, 5.74) is 0.607. The molecule has 1 atom stereocenters. The van der Waals surface area contributed by atoms with Gasteiger partial charge in [-0.05, 0) is 38.8 Å². The van der Waals surface area contributed by atoms with Gasteiger partial charge in [0.05, 0.1) is 5.69 Å². The number of rotatable bonds is 3. The number of carboxylic acid groups (broad SMARTS) is 1. The van der Waals surface area contributed by atoms with E-state index in [0.717, 1.165) is 5.76 Å². The molecule has 2 aromatic heterocycles. The number of furan rings is 1. The summed E-state index contributed by atoms with van der Waals surface area (Å²) >= 11 is 1.25. The fourth-order valence-electron chi connectivity index (χ4n) is 2.65. The monoisotopic (exact) mass is 320 g/mol. The van der Waals surface area contributed by atoms with Crippen LogP contribution >= 0.6 is 11.3 Å². The van der Waals surface area contributed by atoms with Gasteiger partial charge in [-0.3, -0.25) is 4.79 Å². The second-order valence-electron chi connectivity index (χ2n) is 5.34. The van der Waals surface area contributed by atoms with Gasteiger partial charge in [0, 0.05) is 6.54 Å². The molecule has 3 rings (SSSR count). The first kappa shape index (κ1) is 14.8. The Kier molecular flexibility index (Phi) is 3.74. The molecule has 3 heterocycles. The van der Waals surface area contributed by atoms with Crippen molar-refractivity contribution in [3.8, 4) is 10.8 Å². The summed E-state index contributed by atoms with van der Waals surface area (Å²) in [6.07, 6.45) is 1.22. The van der Waals surface area contributed by atoms with Crippen molar-refractivity contribution in [2.45, 2.75) is 32.7 Å². The van der Waals surface area contributed by atoms with Crippen LogP contribution in [0.2, 0.25) is 0 Å². The number of likely N-dealkylation sites (tertiary alicyclic amines) is 1. The molecule has 0 saturated carbocycles. The third kappa shape index (κ3) is 2.52. The van der Waals surface area contributed by atoms with Gasteiger partial charge >= 0.3 is 5.97 Å². The molecular weight excluding hydrogens is 304 g/mol. The smallest absolute Gasteiger partial charge is 0.326 e. The molecule has 116 valence electrons. The summed E-state index contributed by atoms with van der Waals surface area (Å²) in [5, 5.41) is 9.85. The van der Waals surface area contributed by atoms with Crippen LogP contribution in [0, 0.1) is 13.8 Å². The van der Waals surface area contributed by atoms with Crippen molar-refractivity contribution in [1.82, 2.24) is 9.88 Å². The highest BCUT2D eigenvalue weighted by molar-refractivity contribution is 7.17. The number of hydrogen-bond acceptors (Lipinski definition) is 5. The van der Waals surface area contributed by atoms with Crippen LogP contribution in [0.4, 0.5) is 0 Å². The number of aryl methyl sites for hydroxylation is 2. The number of nitrogens with zero attached hydrogens (tertiary/aromatic N) is 2. The van der Waals surface area contributed by atoms with Crippen LogP contribution in [0.25, 0.3) is 10.8 Å². The Morgan fingerprint density at radius 1 is 1.41 bits per heavy atom. The van der Waals surface area contributed by atoms with E-state index in [1.54, 1.807) is 6.92 Å². The summed E-state index contributed by atoms with van der Waals surface area (Å²) in [6.45, 7) is 4.08. The number of carbonyl (C=O) groups is 2. The summed E-state index contributed by atoms with van der Waals surface area (Å²) in [7, 11) is 0. The van der Waals surface area contributed by atoms with Crippen LogP contribution in [-0.2, 0) is 4.79 Å². The molecule has 6 nitrogen and oxygen atoms in total. The van der Waals surface area contributed by atoms with Crippen molar-refractivity contribution in [2.75, 3.05) is 6.54 Å². The molecule has 1 aliphatic heterocycles. The third-order valence-corrected chi connectivity index (χ3v) is 4.90. The van der Waals surface area contributed by atoms with Crippen LogP contribution < -0.4 is 0 Å². The number of amides is 1. The Labute approximate surface area is 131 Å². The van der Waals surface area contributed by atoms with Crippen molar-refractivity contribution < 1.29 is 19.1 Å². The van der Waals surface area contributed by atoms with Gasteiger partial charge in [-0.15, -0.1) is 11.3 Å². The van der Waals surface area contributed by atoms with Crippen molar-refractivity contribution in [2.24, 2.45) is 0 Å². The minimum Gasteiger partial charge on any atom is -0.480 e. The molecule has 1 saturated heterocycles. The third-order valence-electron chi connectivity index (χ3n) is 3.74. The first-order valence-electron chi connectivity index (χ1n) is 7.05. The Bertz CT molecular complexity index is 734. The lowest BCUT2D eigenvalue weighted by Crippen LogP contribution is -2.40. The molecular formula is C15H16N2O4S. The average molecular weight is 320 g/mol. The molecule has 7 heteroatoms. The fraction of sp³-hybridized carbons (Fsp3) is 0.400. The SMILES string of the molecule is Cc1ccc(-c2nc(C)c(C(=O)N3CCC[C@@H]3C(=O)O)s2)o1. The first-order valence-corrected chi connectivity index (χ1v) is 7.87. The summed E-state index contributed by atoms with van der Waals surface area (Å²) in [4.78, 5) is 30.2. The quantitative estimate of drug-likeness (QED) is 0.940. The lowest BCUT2D eigenvalue weighted by atomic mass is 10.2. The van der Waals surface area contributed by atoms with Gasteiger partial charge < -0.3 is 14.4 Å². The predicted octanol–water partition coefficient (Wildman–Crippen LogP) is 2.71. The van der Waals surface area contributed by atoms with Crippen LogP contribution in [0.5, 0.6) is 0 Å². The molecule has 0 radical (unpaired) electrons. The van der Waals surface area contributed by atoms with Crippen molar-refractivity contribution in [3.63, 3.8) is 0 Å². The van der Waals surface area contributed by atoms with Gasteiger partial charge in [-0.2, -0.15) is 0 Å². The zero-order valence-corrected chi connectivity index (χ0v) is 13.1. The number of thiazole rings is 1. The molecule has 0 spiro atoms.